The highest BCUT2D eigenvalue weighted by atomic mass is 16.3. The lowest BCUT2D eigenvalue weighted by Gasteiger charge is -2.19. The van der Waals surface area contributed by atoms with Crippen LogP contribution in [0, 0.1) is 5.92 Å². The maximum atomic E-state index is 9.09. The molecule has 0 aromatic carbocycles. The van der Waals surface area contributed by atoms with Gasteiger partial charge < -0.3 is 10.4 Å². The van der Waals surface area contributed by atoms with Gasteiger partial charge in [-0.15, -0.1) is 5.10 Å². The van der Waals surface area contributed by atoms with E-state index in [9.17, 15) is 0 Å². The zero-order valence-corrected chi connectivity index (χ0v) is 8.94. The van der Waals surface area contributed by atoms with Gasteiger partial charge in [-0.3, -0.25) is 4.68 Å². The zero-order chi connectivity index (χ0) is 10.6. The van der Waals surface area contributed by atoms with Crippen molar-refractivity contribution in [2.24, 2.45) is 13.0 Å². The van der Waals surface area contributed by atoms with Crippen LogP contribution in [-0.2, 0) is 13.6 Å². The molecule has 0 saturated heterocycles. The van der Waals surface area contributed by atoms with Gasteiger partial charge in [0.2, 0.25) is 0 Å². The number of hydrogen-bond acceptors (Lipinski definition) is 4. The van der Waals surface area contributed by atoms with E-state index in [1.807, 2.05) is 7.05 Å². The van der Waals surface area contributed by atoms with Gasteiger partial charge in [-0.05, 0) is 5.92 Å². The number of aryl methyl sites for hydroxylation is 1. The van der Waals surface area contributed by atoms with Crippen molar-refractivity contribution in [3.05, 3.63) is 11.9 Å². The molecule has 1 rings (SSSR count). The molecule has 0 aliphatic heterocycles. The Hall–Kier alpha value is -0.940. The van der Waals surface area contributed by atoms with Crippen molar-refractivity contribution < 1.29 is 5.11 Å². The number of nitrogens with one attached hydrogen (secondary N) is 1. The molecule has 80 valence electrons. The second-order valence-electron chi connectivity index (χ2n) is 3.76. The van der Waals surface area contributed by atoms with E-state index in [4.69, 9.17) is 5.11 Å². The molecule has 1 heterocycles. The first-order valence-corrected chi connectivity index (χ1v) is 4.83. The summed E-state index contributed by atoms with van der Waals surface area (Å²) in [6.45, 7) is 5.00. The molecule has 0 radical (unpaired) electrons. The summed E-state index contributed by atoms with van der Waals surface area (Å²) in [7, 11) is 1.85. The molecule has 1 aromatic rings. The normalized spacial score (nSPS) is 13.5. The van der Waals surface area contributed by atoms with E-state index in [0.29, 0.717) is 12.5 Å². The minimum Gasteiger partial charge on any atom is -0.395 e. The van der Waals surface area contributed by atoms with Gasteiger partial charge in [0.25, 0.3) is 0 Å². The lowest BCUT2D eigenvalue weighted by Crippen LogP contribution is -2.36. The Morgan fingerprint density at radius 2 is 2.29 bits per heavy atom. The average Bonchev–Trinajstić information content (AvgIpc) is 2.52. The predicted octanol–water partition coefficient (Wildman–Crippen LogP) is -0.0784. The third-order valence-corrected chi connectivity index (χ3v) is 2.36. The molecule has 1 atom stereocenters. The van der Waals surface area contributed by atoms with Crippen LogP contribution in [0.3, 0.4) is 0 Å². The Morgan fingerprint density at radius 3 is 2.71 bits per heavy atom. The summed E-state index contributed by atoms with van der Waals surface area (Å²) in [6, 6.07) is 0.130. The number of aliphatic hydroxyl groups is 1. The molecule has 0 spiro atoms. The Bertz CT molecular complexity index is 272. The maximum Gasteiger partial charge on any atom is 0.0738 e. The summed E-state index contributed by atoms with van der Waals surface area (Å²) < 4.78 is 1.72. The third-order valence-electron chi connectivity index (χ3n) is 2.36. The summed E-state index contributed by atoms with van der Waals surface area (Å²) in [5.74, 6) is 0.418. The summed E-state index contributed by atoms with van der Waals surface area (Å²) >= 11 is 0. The van der Waals surface area contributed by atoms with Crippen molar-refractivity contribution in [3.8, 4) is 0 Å². The number of nitrogens with zero attached hydrogens (tertiary/aromatic N) is 3. The van der Waals surface area contributed by atoms with Crippen molar-refractivity contribution in [1.82, 2.24) is 20.3 Å². The first-order chi connectivity index (χ1) is 6.65. The van der Waals surface area contributed by atoms with Crippen LogP contribution in [0.2, 0.25) is 0 Å². The minimum absolute atomic E-state index is 0.130. The molecule has 2 N–H and O–H groups in total. The van der Waals surface area contributed by atoms with Crippen LogP contribution in [0.1, 0.15) is 19.5 Å². The van der Waals surface area contributed by atoms with Crippen molar-refractivity contribution in [1.29, 1.82) is 0 Å². The van der Waals surface area contributed by atoms with Crippen LogP contribution in [0.5, 0.6) is 0 Å². The van der Waals surface area contributed by atoms with Crippen molar-refractivity contribution in [2.45, 2.75) is 26.4 Å². The SMILES string of the molecule is CC(C)[C@@H](CO)NCc1cnnn1C. The van der Waals surface area contributed by atoms with Gasteiger partial charge in [-0.1, -0.05) is 19.1 Å². The molecule has 0 fully saturated rings. The lowest BCUT2D eigenvalue weighted by molar-refractivity contribution is 0.209. The van der Waals surface area contributed by atoms with Gasteiger partial charge in [-0.2, -0.15) is 0 Å². The number of aromatic nitrogens is 3. The van der Waals surface area contributed by atoms with E-state index in [0.717, 1.165) is 5.69 Å². The Balaban J connectivity index is 2.43. The van der Waals surface area contributed by atoms with Gasteiger partial charge in [-0.25, -0.2) is 0 Å². The largest absolute Gasteiger partial charge is 0.395 e. The quantitative estimate of drug-likeness (QED) is 0.694. The summed E-state index contributed by atoms with van der Waals surface area (Å²) in [5.41, 5.74) is 1.02. The predicted molar refractivity (Wildman–Crippen MR) is 53.6 cm³/mol. The van der Waals surface area contributed by atoms with Crippen molar-refractivity contribution in [3.63, 3.8) is 0 Å². The Morgan fingerprint density at radius 1 is 1.57 bits per heavy atom. The van der Waals surface area contributed by atoms with Gasteiger partial charge in [0.15, 0.2) is 0 Å². The van der Waals surface area contributed by atoms with E-state index in [1.165, 1.54) is 0 Å². The highest BCUT2D eigenvalue weighted by molar-refractivity contribution is 4.93. The highest BCUT2D eigenvalue weighted by Gasteiger charge is 2.11. The van der Waals surface area contributed by atoms with Gasteiger partial charge in [0.05, 0.1) is 18.5 Å². The van der Waals surface area contributed by atoms with Crippen molar-refractivity contribution >= 4 is 0 Å². The molecule has 0 saturated carbocycles. The van der Waals surface area contributed by atoms with E-state index in [-0.39, 0.29) is 12.6 Å². The molecule has 0 amide bonds. The van der Waals surface area contributed by atoms with Crippen LogP contribution in [0.25, 0.3) is 0 Å². The van der Waals surface area contributed by atoms with Crippen LogP contribution < -0.4 is 5.32 Å². The van der Waals surface area contributed by atoms with E-state index >= 15 is 0 Å². The van der Waals surface area contributed by atoms with Crippen molar-refractivity contribution in [2.75, 3.05) is 6.61 Å². The fourth-order valence-corrected chi connectivity index (χ4v) is 1.22. The molecule has 14 heavy (non-hydrogen) atoms. The Kier molecular flexibility index (Phi) is 4.03. The topological polar surface area (TPSA) is 63.0 Å². The molecule has 0 unspecified atom stereocenters. The van der Waals surface area contributed by atoms with Gasteiger partial charge in [0, 0.05) is 19.6 Å². The van der Waals surface area contributed by atoms with Gasteiger partial charge >= 0.3 is 0 Å². The van der Waals surface area contributed by atoms with Crippen LogP contribution in [0.15, 0.2) is 6.20 Å². The standard InChI is InChI=1S/C9H18N4O/c1-7(2)9(6-14)10-4-8-5-11-12-13(8)3/h5,7,9-10,14H,4,6H2,1-3H3/t9-/m1/s1. The molecule has 0 aliphatic carbocycles. The smallest absolute Gasteiger partial charge is 0.0738 e. The third kappa shape index (κ3) is 2.78. The molecular formula is C9H18N4O. The van der Waals surface area contributed by atoms with Crippen LogP contribution in [-0.4, -0.2) is 32.7 Å². The molecule has 5 nitrogen and oxygen atoms in total. The lowest BCUT2D eigenvalue weighted by atomic mass is 10.1. The first kappa shape index (κ1) is 11.1. The van der Waals surface area contributed by atoms with E-state index < -0.39 is 0 Å². The van der Waals surface area contributed by atoms with Crippen LogP contribution >= 0.6 is 0 Å². The zero-order valence-electron chi connectivity index (χ0n) is 8.94. The fraction of sp³-hybridized carbons (Fsp3) is 0.778. The van der Waals surface area contributed by atoms with Crippen LogP contribution in [0.4, 0.5) is 0 Å². The Labute approximate surface area is 84.1 Å². The average molecular weight is 198 g/mol. The second-order valence-corrected chi connectivity index (χ2v) is 3.76. The maximum absolute atomic E-state index is 9.09. The summed E-state index contributed by atoms with van der Waals surface area (Å²) in [6.07, 6.45) is 1.72. The monoisotopic (exact) mass is 198 g/mol. The molecule has 5 heteroatoms. The first-order valence-electron chi connectivity index (χ1n) is 4.83. The van der Waals surface area contributed by atoms with E-state index in [2.05, 4.69) is 29.5 Å². The second kappa shape index (κ2) is 5.07. The number of hydrogen-bond donors (Lipinski definition) is 2. The van der Waals surface area contributed by atoms with Gasteiger partial charge in [0.1, 0.15) is 0 Å². The molecule has 0 bridgehead atoms. The molecule has 1 aromatic heterocycles. The molecular weight excluding hydrogens is 180 g/mol. The highest BCUT2D eigenvalue weighted by Crippen LogP contribution is 2.02. The molecule has 0 aliphatic rings. The number of aliphatic hydroxyl groups excluding tert-OH is 1. The fourth-order valence-electron chi connectivity index (χ4n) is 1.22. The summed E-state index contributed by atoms with van der Waals surface area (Å²) in [5, 5.41) is 20.0. The number of rotatable bonds is 5. The van der Waals surface area contributed by atoms with E-state index in [1.54, 1.807) is 10.9 Å². The summed E-state index contributed by atoms with van der Waals surface area (Å²) in [4.78, 5) is 0. The minimum atomic E-state index is 0.130.